The zero-order chi connectivity index (χ0) is 21.5. The zero-order valence-corrected chi connectivity index (χ0v) is 17.7. The van der Waals surface area contributed by atoms with Crippen LogP contribution in [-0.4, -0.2) is 5.91 Å². The van der Waals surface area contributed by atoms with Gasteiger partial charge in [0.25, 0.3) is 0 Å². The average Bonchev–Trinajstić information content (AvgIpc) is 2.84. The lowest BCUT2D eigenvalue weighted by Gasteiger charge is -2.22. The summed E-state index contributed by atoms with van der Waals surface area (Å²) in [4.78, 5) is 13.3. The molecule has 0 heterocycles. The molecule has 0 spiro atoms. The second-order valence-corrected chi connectivity index (χ2v) is 7.89. The molecule has 1 unspecified atom stereocenters. The lowest BCUT2D eigenvalue weighted by atomic mass is 9.94. The summed E-state index contributed by atoms with van der Waals surface area (Å²) in [6.07, 6.45) is 0.861. The van der Waals surface area contributed by atoms with E-state index in [9.17, 15) is 4.79 Å². The Balaban J connectivity index is 1.53. The van der Waals surface area contributed by atoms with Crippen LogP contribution in [0.25, 0.3) is 0 Å². The monoisotopic (exact) mass is 405 g/mol. The van der Waals surface area contributed by atoms with Crippen molar-refractivity contribution in [3.63, 3.8) is 0 Å². The summed E-state index contributed by atoms with van der Waals surface area (Å²) in [5, 5.41) is 3.28. The van der Waals surface area contributed by atoms with Crippen LogP contribution in [0.5, 0.6) is 0 Å². The molecular weight excluding hydrogens is 378 g/mol. The molecule has 0 saturated heterocycles. The summed E-state index contributed by atoms with van der Waals surface area (Å²) in [7, 11) is 0. The third kappa shape index (κ3) is 5.29. The molecule has 4 aromatic carbocycles. The largest absolute Gasteiger partial charge is 0.345 e. The van der Waals surface area contributed by atoms with Gasteiger partial charge >= 0.3 is 0 Å². The summed E-state index contributed by atoms with van der Waals surface area (Å²) >= 11 is 0. The van der Waals surface area contributed by atoms with Gasteiger partial charge in [0.2, 0.25) is 5.91 Å². The van der Waals surface area contributed by atoms with Gasteiger partial charge in [-0.2, -0.15) is 0 Å². The van der Waals surface area contributed by atoms with Gasteiger partial charge in [0.1, 0.15) is 0 Å². The number of benzene rings is 4. The standard InChI is InChI=1S/C29H27NO/c1-22(27-19-11-14-24(21-27)20-23-12-5-2-6-13-23)29(31)30-28(25-15-7-3-8-16-25)26-17-9-4-10-18-26/h2-19,21-22,28H,20H2,1H3,(H,30,31). The van der Waals surface area contributed by atoms with Crippen LogP contribution in [0.1, 0.15) is 46.7 Å². The maximum atomic E-state index is 13.3. The number of carbonyl (C=O) groups excluding carboxylic acids is 1. The summed E-state index contributed by atoms with van der Waals surface area (Å²) in [5.41, 5.74) is 5.67. The van der Waals surface area contributed by atoms with Gasteiger partial charge in [0, 0.05) is 0 Å². The van der Waals surface area contributed by atoms with E-state index in [4.69, 9.17) is 0 Å². The van der Waals surface area contributed by atoms with Gasteiger partial charge < -0.3 is 5.32 Å². The second-order valence-electron chi connectivity index (χ2n) is 7.89. The SMILES string of the molecule is CC(C(=O)NC(c1ccccc1)c1ccccc1)c1cccc(Cc2ccccc2)c1. The molecular formula is C29H27NO. The van der Waals surface area contributed by atoms with Gasteiger partial charge in [-0.1, -0.05) is 115 Å². The average molecular weight is 406 g/mol. The second kappa shape index (κ2) is 9.90. The Morgan fingerprint density at radius 1 is 0.645 bits per heavy atom. The van der Waals surface area contributed by atoms with Crippen LogP contribution in [0.3, 0.4) is 0 Å². The van der Waals surface area contributed by atoms with Crippen LogP contribution >= 0.6 is 0 Å². The van der Waals surface area contributed by atoms with Crippen LogP contribution in [0.2, 0.25) is 0 Å². The molecule has 1 atom stereocenters. The lowest BCUT2D eigenvalue weighted by molar-refractivity contribution is -0.122. The molecule has 154 valence electrons. The molecule has 0 saturated carbocycles. The first-order valence-corrected chi connectivity index (χ1v) is 10.7. The van der Waals surface area contributed by atoms with Gasteiger partial charge in [-0.15, -0.1) is 0 Å². The van der Waals surface area contributed by atoms with Crippen molar-refractivity contribution >= 4 is 5.91 Å². The van der Waals surface area contributed by atoms with Gasteiger partial charge in [0.05, 0.1) is 12.0 Å². The molecule has 0 radical (unpaired) electrons. The maximum Gasteiger partial charge on any atom is 0.228 e. The molecule has 2 nitrogen and oxygen atoms in total. The Morgan fingerprint density at radius 2 is 1.13 bits per heavy atom. The Hall–Kier alpha value is -3.65. The molecule has 4 aromatic rings. The molecule has 4 rings (SSSR count). The minimum absolute atomic E-state index is 0.0227. The predicted octanol–water partition coefficient (Wildman–Crippen LogP) is 6.29. The van der Waals surface area contributed by atoms with E-state index in [1.54, 1.807) is 0 Å². The normalized spacial score (nSPS) is 11.8. The van der Waals surface area contributed by atoms with Gasteiger partial charge in [-0.05, 0) is 41.2 Å². The fourth-order valence-electron chi connectivity index (χ4n) is 3.87. The van der Waals surface area contributed by atoms with Crippen molar-refractivity contribution in [2.45, 2.75) is 25.3 Å². The van der Waals surface area contributed by atoms with Crippen molar-refractivity contribution in [2.75, 3.05) is 0 Å². The highest BCUT2D eigenvalue weighted by Crippen LogP contribution is 2.25. The molecule has 1 N–H and O–H groups in total. The van der Waals surface area contributed by atoms with Crippen LogP contribution in [-0.2, 0) is 11.2 Å². The Labute approximate surface area is 184 Å². The third-order valence-corrected chi connectivity index (χ3v) is 5.65. The number of carbonyl (C=O) groups is 1. The van der Waals surface area contributed by atoms with E-state index in [1.807, 2.05) is 61.5 Å². The lowest BCUT2D eigenvalue weighted by Crippen LogP contribution is -2.32. The van der Waals surface area contributed by atoms with Crippen LogP contribution in [0, 0.1) is 0 Å². The van der Waals surface area contributed by atoms with Crippen LogP contribution in [0.15, 0.2) is 115 Å². The van der Waals surface area contributed by atoms with E-state index in [0.717, 1.165) is 23.1 Å². The molecule has 0 fully saturated rings. The summed E-state index contributed by atoms with van der Waals surface area (Å²) in [5.74, 6) is -0.222. The molecule has 0 aliphatic rings. The number of amides is 1. The van der Waals surface area contributed by atoms with Crippen molar-refractivity contribution < 1.29 is 4.79 Å². The quantitative estimate of drug-likeness (QED) is 0.385. The maximum absolute atomic E-state index is 13.3. The van der Waals surface area contributed by atoms with Crippen molar-refractivity contribution in [1.29, 1.82) is 0 Å². The smallest absolute Gasteiger partial charge is 0.228 e. The van der Waals surface area contributed by atoms with Crippen molar-refractivity contribution in [2.24, 2.45) is 0 Å². The molecule has 1 amide bonds. The number of hydrogen-bond donors (Lipinski definition) is 1. The van der Waals surface area contributed by atoms with Gasteiger partial charge in [-0.25, -0.2) is 0 Å². The van der Waals surface area contributed by atoms with Crippen molar-refractivity contribution in [3.05, 3.63) is 143 Å². The molecule has 0 aliphatic carbocycles. The Bertz CT molecular complexity index is 1070. The Morgan fingerprint density at radius 3 is 1.71 bits per heavy atom. The fourth-order valence-corrected chi connectivity index (χ4v) is 3.87. The van der Waals surface area contributed by atoms with Crippen LogP contribution < -0.4 is 5.32 Å². The van der Waals surface area contributed by atoms with E-state index >= 15 is 0 Å². The highest BCUT2D eigenvalue weighted by molar-refractivity contribution is 5.84. The molecule has 0 bridgehead atoms. The predicted molar refractivity (Wildman–Crippen MR) is 127 cm³/mol. The highest BCUT2D eigenvalue weighted by atomic mass is 16.1. The highest BCUT2D eigenvalue weighted by Gasteiger charge is 2.21. The molecule has 2 heteroatoms. The fraction of sp³-hybridized carbons (Fsp3) is 0.138. The van der Waals surface area contributed by atoms with Crippen LogP contribution in [0.4, 0.5) is 0 Å². The number of rotatable bonds is 7. The minimum Gasteiger partial charge on any atom is -0.345 e. The molecule has 0 aliphatic heterocycles. The summed E-state index contributed by atoms with van der Waals surface area (Å²) in [6, 6.07) is 38.8. The number of nitrogens with one attached hydrogen (secondary N) is 1. The first-order chi connectivity index (χ1) is 15.2. The molecule has 31 heavy (non-hydrogen) atoms. The van der Waals surface area contributed by atoms with E-state index < -0.39 is 0 Å². The van der Waals surface area contributed by atoms with Crippen molar-refractivity contribution in [1.82, 2.24) is 5.32 Å². The summed E-state index contributed by atoms with van der Waals surface area (Å²) < 4.78 is 0. The first kappa shape index (κ1) is 20.6. The number of hydrogen-bond acceptors (Lipinski definition) is 1. The third-order valence-electron chi connectivity index (χ3n) is 5.65. The van der Waals surface area contributed by atoms with Gasteiger partial charge in [-0.3, -0.25) is 4.79 Å². The minimum atomic E-state index is -0.245. The summed E-state index contributed by atoms with van der Waals surface area (Å²) in [6.45, 7) is 1.98. The topological polar surface area (TPSA) is 29.1 Å². The zero-order valence-electron chi connectivity index (χ0n) is 17.7. The molecule has 0 aromatic heterocycles. The van der Waals surface area contributed by atoms with E-state index in [2.05, 4.69) is 66.0 Å². The van der Waals surface area contributed by atoms with E-state index in [0.29, 0.717) is 0 Å². The van der Waals surface area contributed by atoms with E-state index in [1.165, 1.54) is 11.1 Å². The van der Waals surface area contributed by atoms with E-state index in [-0.39, 0.29) is 17.9 Å². The Kier molecular flexibility index (Phi) is 6.59. The van der Waals surface area contributed by atoms with Crippen molar-refractivity contribution in [3.8, 4) is 0 Å². The van der Waals surface area contributed by atoms with Gasteiger partial charge in [0.15, 0.2) is 0 Å². The first-order valence-electron chi connectivity index (χ1n) is 10.7.